The molecular formula is C30H38ClN3O5S. The Morgan fingerprint density at radius 1 is 1.10 bits per heavy atom. The van der Waals surface area contributed by atoms with Crippen molar-refractivity contribution in [1.82, 2.24) is 9.03 Å². The molecule has 0 aromatic heterocycles. The number of ether oxygens (including phenoxy) is 1. The number of carbonyl (C=O) groups excluding carboxylic acids is 1. The molecule has 1 fully saturated rings. The monoisotopic (exact) mass is 587 g/mol. The van der Waals surface area contributed by atoms with Crippen molar-refractivity contribution < 1.29 is 23.1 Å². The number of amides is 1. The minimum atomic E-state index is -4.04. The van der Waals surface area contributed by atoms with Crippen LogP contribution in [0.3, 0.4) is 0 Å². The van der Waals surface area contributed by atoms with E-state index in [1.165, 1.54) is 9.87 Å². The first-order valence-electron chi connectivity index (χ1n) is 14.2. The molecule has 0 radical (unpaired) electrons. The van der Waals surface area contributed by atoms with Gasteiger partial charge in [0.1, 0.15) is 12.4 Å². The zero-order valence-corrected chi connectivity index (χ0v) is 24.5. The van der Waals surface area contributed by atoms with Crippen molar-refractivity contribution in [2.24, 2.45) is 11.8 Å². The van der Waals surface area contributed by atoms with E-state index in [0.29, 0.717) is 29.7 Å². The molecule has 2 N–H and O–H groups in total. The molecule has 5 rings (SSSR count). The number of halogens is 1. The second-order valence-electron chi connectivity index (χ2n) is 10.9. The highest BCUT2D eigenvalue weighted by molar-refractivity contribution is 7.87. The van der Waals surface area contributed by atoms with Gasteiger partial charge in [-0.3, -0.25) is 4.79 Å². The highest BCUT2D eigenvalue weighted by atomic mass is 35.5. The minimum absolute atomic E-state index is 0.135. The number of fused-ring (bicyclic) bond motifs is 3. The maximum Gasteiger partial charge on any atom is 0.304 e. The fourth-order valence-corrected chi connectivity index (χ4v) is 7.28. The number of hydrogen-bond acceptors (Lipinski definition) is 6. The molecule has 1 amide bonds. The van der Waals surface area contributed by atoms with Crippen LogP contribution in [0.2, 0.25) is 5.02 Å². The first-order valence-corrected chi connectivity index (χ1v) is 16.0. The average molecular weight is 588 g/mol. The van der Waals surface area contributed by atoms with Gasteiger partial charge in [0.2, 0.25) is 0 Å². The molecule has 1 aliphatic carbocycles. The van der Waals surface area contributed by atoms with Gasteiger partial charge in [0.15, 0.2) is 0 Å². The number of rotatable bonds is 1. The molecule has 2 heterocycles. The van der Waals surface area contributed by atoms with Crippen molar-refractivity contribution in [2.75, 3.05) is 31.1 Å². The van der Waals surface area contributed by atoms with Crippen LogP contribution in [0.5, 0.6) is 5.75 Å². The van der Waals surface area contributed by atoms with E-state index in [2.05, 4.69) is 9.62 Å². The summed E-state index contributed by atoms with van der Waals surface area (Å²) in [5.74, 6) is 0.395. The van der Waals surface area contributed by atoms with Gasteiger partial charge in [0, 0.05) is 36.8 Å². The summed E-state index contributed by atoms with van der Waals surface area (Å²) in [5, 5.41) is 11.7. The summed E-state index contributed by atoms with van der Waals surface area (Å²) < 4.78 is 35.9. The SMILES string of the molecule is CCN1CC/C=C/C(O)[C@@H]2CC[C@H]2CN2CCCCc3cc(Cl)ccc3COc3ccc(cc32)C(=O)NS1(=O)=O. The maximum absolute atomic E-state index is 13.2. The Labute approximate surface area is 242 Å². The van der Waals surface area contributed by atoms with Crippen LogP contribution in [0.25, 0.3) is 0 Å². The average Bonchev–Trinajstić information content (AvgIpc) is 2.93. The highest BCUT2D eigenvalue weighted by Crippen LogP contribution is 2.41. The molecule has 8 nitrogen and oxygen atoms in total. The summed E-state index contributed by atoms with van der Waals surface area (Å²) in [4.78, 5) is 15.5. The van der Waals surface area contributed by atoms with E-state index in [1.54, 1.807) is 31.2 Å². The summed E-state index contributed by atoms with van der Waals surface area (Å²) >= 11 is 6.29. The smallest absolute Gasteiger partial charge is 0.304 e. The van der Waals surface area contributed by atoms with Crippen LogP contribution in [-0.2, 0) is 23.2 Å². The number of nitrogens with one attached hydrogen (secondary N) is 1. The van der Waals surface area contributed by atoms with E-state index in [4.69, 9.17) is 16.3 Å². The molecule has 3 aliphatic rings. The predicted octanol–water partition coefficient (Wildman–Crippen LogP) is 4.71. The number of aryl methyl sites for hydroxylation is 1. The van der Waals surface area contributed by atoms with E-state index in [9.17, 15) is 18.3 Å². The highest BCUT2D eigenvalue weighted by Gasteiger charge is 2.37. The van der Waals surface area contributed by atoms with Gasteiger partial charge in [-0.15, -0.1) is 0 Å². The van der Waals surface area contributed by atoms with E-state index in [0.717, 1.165) is 56.4 Å². The van der Waals surface area contributed by atoms with Gasteiger partial charge in [-0.2, -0.15) is 12.7 Å². The van der Waals surface area contributed by atoms with Crippen molar-refractivity contribution >= 4 is 33.4 Å². The van der Waals surface area contributed by atoms with Gasteiger partial charge < -0.3 is 14.7 Å². The first kappa shape index (κ1) is 28.9. The zero-order valence-electron chi connectivity index (χ0n) is 22.9. The van der Waals surface area contributed by atoms with Crippen LogP contribution in [-0.4, -0.2) is 56.0 Å². The lowest BCUT2D eigenvalue weighted by Crippen LogP contribution is -2.44. The van der Waals surface area contributed by atoms with Crippen LogP contribution in [0.15, 0.2) is 48.6 Å². The van der Waals surface area contributed by atoms with Crippen molar-refractivity contribution in [3.8, 4) is 5.75 Å². The summed E-state index contributed by atoms with van der Waals surface area (Å²) in [6.07, 6.45) is 8.25. The van der Waals surface area contributed by atoms with Crippen LogP contribution in [0.1, 0.15) is 60.5 Å². The topological polar surface area (TPSA) is 99.2 Å². The Hall–Kier alpha value is -2.59. The Bertz CT molecular complexity index is 1370. The molecule has 1 saturated carbocycles. The second kappa shape index (κ2) is 12.5. The van der Waals surface area contributed by atoms with Gasteiger partial charge in [0.05, 0.1) is 11.8 Å². The van der Waals surface area contributed by atoms with Gasteiger partial charge >= 0.3 is 10.2 Å². The molecule has 2 aromatic rings. The Balaban J connectivity index is 1.53. The molecule has 2 bridgehead atoms. The molecule has 1 unspecified atom stereocenters. The van der Waals surface area contributed by atoms with Gasteiger partial charge in [-0.25, -0.2) is 4.72 Å². The van der Waals surface area contributed by atoms with Gasteiger partial charge in [-0.05, 0) is 91.8 Å². The third-order valence-electron chi connectivity index (χ3n) is 8.40. The predicted molar refractivity (Wildman–Crippen MR) is 157 cm³/mol. The van der Waals surface area contributed by atoms with E-state index in [1.807, 2.05) is 24.3 Å². The number of hydrogen-bond donors (Lipinski definition) is 2. The molecule has 0 saturated heterocycles. The lowest BCUT2D eigenvalue weighted by Gasteiger charge is -2.42. The van der Waals surface area contributed by atoms with Gasteiger partial charge in [0.25, 0.3) is 5.91 Å². The van der Waals surface area contributed by atoms with E-state index >= 15 is 0 Å². The van der Waals surface area contributed by atoms with Crippen molar-refractivity contribution in [3.63, 3.8) is 0 Å². The Kier molecular flexibility index (Phi) is 9.05. The molecule has 2 aromatic carbocycles. The lowest BCUT2D eigenvalue weighted by atomic mass is 9.70. The minimum Gasteiger partial charge on any atom is -0.487 e. The van der Waals surface area contributed by atoms with Crippen LogP contribution in [0.4, 0.5) is 5.69 Å². The van der Waals surface area contributed by atoms with Crippen LogP contribution >= 0.6 is 11.6 Å². The fraction of sp³-hybridized carbons (Fsp3) is 0.500. The first-order chi connectivity index (χ1) is 19.2. The summed E-state index contributed by atoms with van der Waals surface area (Å²) in [6.45, 7) is 4.00. The Morgan fingerprint density at radius 3 is 2.73 bits per heavy atom. The third-order valence-corrected chi connectivity index (χ3v) is 10.2. The van der Waals surface area contributed by atoms with E-state index < -0.39 is 22.2 Å². The molecule has 40 heavy (non-hydrogen) atoms. The van der Waals surface area contributed by atoms with Crippen LogP contribution in [0, 0.1) is 11.8 Å². The number of aliphatic hydroxyl groups is 1. The molecule has 10 heteroatoms. The maximum atomic E-state index is 13.2. The standard InChI is InChI=1S/C30H38ClN3O5S/c1-2-34-16-6-4-8-28(35)26-13-10-23(26)19-33-15-5-3-7-21-17-25(31)12-9-24(21)20-39-29-14-11-22(18-27(29)33)30(36)32-40(34,37)38/h4,8-9,11-12,14,17-18,23,26,28,35H,2-3,5-7,10,13,15-16,19-20H2,1H3,(H,32,36)/b8-4+/t23-,26+,28?/m0/s1. The zero-order chi connectivity index (χ0) is 28.3. The molecule has 2 aliphatic heterocycles. The fourth-order valence-electron chi connectivity index (χ4n) is 5.92. The molecular weight excluding hydrogens is 550 g/mol. The summed E-state index contributed by atoms with van der Waals surface area (Å²) in [5.41, 5.74) is 3.26. The van der Waals surface area contributed by atoms with Crippen molar-refractivity contribution in [3.05, 3.63) is 70.3 Å². The van der Waals surface area contributed by atoms with Crippen LogP contribution < -0.4 is 14.4 Å². The molecule has 3 atom stereocenters. The lowest BCUT2D eigenvalue weighted by molar-refractivity contribution is 0.0461. The van der Waals surface area contributed by atoms with Crippen molar-refractivity contribution in [1.29, 1.82) is 0 Å². The number of aliphatic hydroxyl groups excluding tert-OH is 1. The van der Waals surface area contributed by atoms with Gasteiger partial charge in [-0.1, -0.05) is 36.7 Å². The summed E-state index contributed by atoms with van der Waals surface area (Å²) in [6, 6.07) is 11.0. The second-order valence-corrected chi connectivity index (χ2v) is 13.0. The largest absolute Gasteiger partial charge is 0.487 e. The number of anilines is 1. The van der Waals surface area contributed by atoms with Crippen molar-refractivity contribution in [2.45, 2.75) is 58.2 Å². The third kappa shape index (κ3) is 6.48. The quantitative estimate of drug-likeness (QED) is 0.469. The number of nitrogens with zero attached hydrogens (tertiary/aromatic N) is 2. The molecule has 216 valence electrons. The Morgan fingerprint density at radius 2 is 1.95 bits per heavy atom. The normalized spacial score (nSPS) is 26.6. The van der Waals surface area contributed by atoms with E-state index in [-0.39, 0.29) is 24.6 Å². The number of benzene rings is 2. The molecule has 0 spiro atoms. The number of carbonyl (C=O) groups is 1. The summed E-state index contributed by atoms with van der Waals surface area (Å²) in [7, 11) is -4.04.